The Morgan fingerprint density at radius 1 is 0.493 bits per heavy atom. The summed E-state index contributed by atoms with van der Waals surface area (Å²) in [4.78, 5) is 151. The fraction of sp³-hybridized carbons (Fsp3) is 0.526. The second-order valence-corrected chi connectivity index (χ2v) is 15.0. The highest BCUT2D eigenvalue weighted by atomic mass is 16.4. The first-order valence-corrected chi connectivity index (χ1v) is 19.9. The summed E-state index contributed by atoms with van der Waals surface area (Å²) in [7, 11) is 0. The summed E-state index contributed by atoms with van der Waals surface area (Å²) < 4.78 is 0. The smallest absolute Gasteiger partial charge is 0.328 e. The number of aliphatic hydroxyl groups excluding tert-OH is 3. The average Bonchev–Trinajstić information content (AvgIpc) is 3.20. The number of hydrogen-bond acceptors (Lipinski definition) is 17. The molecule has 0 fully saturated rings. The summed E-state index contributed by atoms with van der Waals surface area (Å²) in [5.74, 6) is -17.4. The Balaban J connectivity index is 3.54. The zero-order valence-electron chi connectivity index (χ0n) is 36.0. The molecule has 0 aliphatic carbocycles. The fourth-order valence-electron chi connectivity index (χ4n) is 5.73. The molecular weight excluding hydrogens is 902 g/mol. The number of nitrogens with two attached hydrogens (primary N) is 2. The van der Waals surface area contributed by atoms with E-state index in [0.717, 1.165) is 32.9 Å². The predicted octanol–water partition coefficient (Wildman–Crippen LogP) is -7.43. The van der Waals surface area contributed by atoms with Crippen molar-refractivity contribution in [3.63, 3.8) is 0 Å². The van der Waals surface area contributed by atoms with Crippen LogP contribution in [-0.4, -0.2) is 179 Å². The quantitative estimate of drug-likeness (QED) is 0.0355. The zero-order chi connectivity index (χ0) is 51.5. The van der Waals surface area contributed by atoms with Crippen molar-refractivity contribution in [2.75, 3.05) is 0 Å². The van der Waals surface area contributed by atoms with E-state index in [2.05, 4.69) is 10.6 Å². The molecule has 0 aliphatic heterocycles. The van der Waals surface area contributed by atoms with E-state index in [4.69, 9.17) is 11.5 Å². The van der Waals surface area contributed by atoms with Crippen LogP contribution in [0, 0.1) is 0 Å². The van der Waals surface area contributed by atoms with E-state index in [-0.39, 0.29) is 11.3 Å². The van der Waals surface area contributed by atoms with Crippen LogP contribution in [-0.2, 0) is 64.0 Å². The lowest BCUT2D eigenvalue weighted by Gasteiger charge is -2.28. The van der Waals surface area contributed by atoms with Crippen LogP contribution in [0.15, 0.2) is 24.3 Å². The lowest BCUT2D eigenvalue weighted by Crippen LogP contribution is -2.63. The number of benzene rings is 1. The third-order valence-electron chi connectivity index (χ3n) is 9.24. The number of aliphatic carboxylic acids is 4. The third kappa shape index (κ3) is 20.5. The molecule has 0 unspecified atom stereocenters. The number of hydrogen-bond donors (Lipinski definition) is 17. The van der Waals surface area contributed by atoms with Crippen molar-refractivity contribution in [1.82, 2.24) is 37.2 Å². The molecule has 1 aromatic carbocycles. The van der Waals surface area contributed by atoms with Gasteiger partial charge in [-0.1, -0.05) is 12.1 Å². The normalized spacial score (nSPS) is 15.9. The number of phenolic OH excluding ortho intramolecular Hbond substituents is 1. The first-order valence-electron chi connectivity index (χ1n) is 19.9. The van der Waals surface area contributed by atoms with Gasteiger partial charge in [-0.05, 0) is 44.9 Å². The van der Waals surface area contributed by atoms with Crippen LogP contribution in [0.25, 0.3) is 0 Å². The molecule has 372 valence electrons. The molecule has 0 spiro atoms. The molecule has 0 bridgehead atoms. The molecule has 67 heavy (non-hydrogen) atoms. The van der Waals surface area contributed by atoms with Gasteiger partial charge in [0, 0.05) is 12.8 Å². The first-order chi connectivity index (χ1) is 31.0. The highest BCUT2D eigenvalue weighted by Crippen LogP contribution is 2.13. The van der Waals surface area contributed by atoms with Crippen molar-refractivity contribution in [2.24, 2.45) is 11.5 Å². The summed E-state index contributed by atoms with van der Waals surface area (Å²) in [6, 6.07) is -10.7. The van der Waals surface area contributed by atoms with Gasteiger partial charge in [0.1, 0.15) is 42.0 Å². The zero-order valence-corrected chi connectivity index (χ0v) is 36.0. The van der Waals surface area contributed by atoms with Gasteiger partial charge in [-0.15, -0.1) is 0 Å². The van der Waals surface area contributed by atoms with Gasteiger partial charge in [0.15, 0.2) is 6.04 Å². The van der Waals surface area contributed by atoms with Crippen LogP contribution >= 0.6 is 0 Å². The third-order valence-corrected chi connectivity index (χ3v) is 9.24. The van der Waals surface area contributed by atoms with Crippen molar-refractivity contribution in [3.05, 3.63) is 29.8 Å². The van der Waals surface area contributed by atoms with Gasteiger partial charge in [0.2, 0.25) is 47.3 Å². The Morgan fingerprint density at radius 3 is 1.28 bits per heavy atom. The number of primary amides is 1. The van der Waals surface area contributed by atoms with Crippen molar-refractivity contribution in [1.29, 1.82) is 0 Å². The molecule has 11 atom stereocenters. The summed E-state index contributed by atoms with van der Waals surface area (Å²) in [6.45, 7) is 3.00. The van der Waals surface area contributed by atoms with Crippen molar-refractivity contribution >= 4 is 71.1 Å². The van der Waals surface area contributed by atoms with E-state index in [1.165, 1.54) is 12.1 Å². The van der Waals surface area contributed by atoms with E-state index in [1.54, 1.807) is 0 Å². The molecule has 19 N–H and O–H groups in total. The Bertz CT molecular complexity index is 2000. The Hall–Kier alpha value is -7.50. The van der Waals surface area contributed by atoms with Crippen LogP contribution in [0.5, 0.6) is 5.75 Å². The minimum atomic E-state index is -2.17. The SMILES string of the molecule is C[C@@H](O)[C@H](NC(=O)[C@H](CC(=O)O)NC(=O)[C@H](Cc1ccc(O)cc1)NC(=O)[C@H](CC(=O)O)NC(=O)[C@H](CCC(=O)O)NC(=O)[C@@H](NC(=O)[C@@H](NC(=O)[C@@H](N)CC(N)=O)[C@@H](C)O)[C@@H](C)O)C(=O)O. The van der Waals surface area contributed by atoms with Gasteiger partial charge in [-0.3, -0.25) is 52.7 Å². The van der Waals surface area contributed by atoms with Gasteiger partial charge in [0.05, 0.1) is 43.6 Å². The Morgan fingerprint density at radius 2 is 0.866 bits per heavy atom. The molecule has 1 aromatic rings. The molecular formula is C38H55N9O20. The number of carboxylic acid groups (broad SMARTS) is 4. The molecule has 0 aromatic heterocycles. The highest BCUT2D eigenvalue weighted by molar-refractivity contribution is 5.99. The Labute approximate surface area is 379 Å². The van der Waals surface area contributed by atoms with Crippen molar-refractivity contribution in [3.8, 4) is 5.75 Å². The van der Waals surface area contributed by atoms with Crippen LogP contribution in [0.4, 0.5) is 0 Å². The lowest BCUT2D eigenvalue weighted by molar-refractivity contribution is -0.146. The number of carbonyl (C=O) groups is 12. The van der Waals surface area contributed by atoms with Gasteiger partial charge in [0.25, 0.3) is 0 Å². The van der Waals surface area contributed by atoms with Crippen LogP contribution in [0.1, 0.15) is 58.4 Å². The number of amides is 8. The number of rotatable bonds is 29. The molecule has 0 heterocycles. The minimum Gasteiger partial charge on any atom is -0.508 e. The summed E-state index contributed by atoms with van der Waals surface area (Å²) in [5, 5.41) is 92.2. The minimum absolute atomic E-state index is 0.182. The van der Waals surface area contributed by atoms with E-state index in [9.17, 15) is 98.4 Å². The molecule has 0 saturated carbocycles. The standard InChI is InChI=1S/C38H55N9O20/c1-14(48)28(46-37(65)29(15(2)49)45-31(59)19(39)11-24(40)52)36(64)41-20(8-9-25(53)54)32(60)43-22(12-26(55)56)34(62)42-21(10-17-4-6-18(51)7-5-17)33(61)44-23(13-27(57)58)35(63)47-30(16(3)50)38(66)67/h4-7,14-16,19-23,28-30,48-51H,8-13,39H2,1-3H3,(H2,40,52)(H,41,64)(H,42,62)(H,43,60)(H,44,61)(H,45,59)(H,46,65)(H,47,63)(H,53,54)(H,55,56)(H,57,58)(H,66,67)/t14-,15-,16-,19+,20+,21+,22+,23+,28+,29+,30+/m1/s1. The van der Waals surface area contributed by atoms with Crippen LogP contribution < -0.4 is 48.7 Å². The first kappa shape index (κ1) is 57.5. The van der Waals surface area contributed by atoms with Crippen LogP contribution in [0.3, 0.4) is 0 Å². The lowest BCUT2D eigenvalue weighted by atomic mass is 10.0. The van der Waals surface area contributed by atoms with Gasteiger partial charge in [-0.2, -0.15) is 0 Å². The number of phenols is 1. The van der Waals surface area contributed by atoms with Gasteiger partial charge >= 0.3 is 23.9 Å². The second kappa shape index (κ2) is 27.1. The number of aliphatic hydroxyl groups is 3. The van der Waals surface area contributed by atoms with Crippen LogP contribution in [0.2, 0.25) is 0 Å². The fourth-order valence-corrected chi connectivity index (χ4v) is 5.73. The summed E-state index contributed by atoms with van der Waals surface area (Å²) in [5.41, 5.74) is 10.8. The molecule has 0 saturated heterocycles. The van der Waals surface area contributed by atoms with E-state index >= 15 is 0 Å². The number of nitrogens with one attached hydrogen (secondary N) is 7. The monoisotopic (exact) mass is 957 g/mol. The van der Waals surface area contributed by atoms with E-state index in [1.807, 2.05) is 26.6 Å². The maximum atomic E-state index is 13.8. The largest absolute Gasteiger partial charge is 0.508 e. The summed E-state index contributed by atoms with van der Waals surface area (Å²) >= 11 is 0. The number of carbonyl (C=O) groups excluding carboxylic acids is 8. The predicted molar refractivity (Wildman–Crippen MR) is 221 cm³/mol. The molecule has 29 heteroatoms. The molecule has 0 aliphatic rings. The second-order valence-electron chi connectivity index (χ2n) is 15.0. The number of carboxylic acids is 4. The average molecular weight is 958 g/mol. The van der Waals surface area contributed by atoms with Crippen molar-refractivity contribution < 1.29 is 98.4 Å². The van der Waals surface area contributed by atoms with E-state index in [0.29, 0.717) is 0 Å². The molecule has 29 nitrogen and oxygen atoms in total. The topological polar surface area (TPSA) is 503 Å². The van der Waals surface area contributed by atoms with E-state index < -0.39 is 176 Å². The highest BCUT2D eigenvalue weighted by Gasteiger charge is 2.38. The van der Waals surface area contributed by atoms with Gasteiger partial charge in [-0.25, -0.2) is 4.79 Å². The number of aromatic hydroxyl groups is 1. The van der Waals surface area contributed by atoms with Gasteiger partial charge < -0.3 is 89.5 Å². The van der Waals surface area contributed by atoms with Crippen molar-refractivity contribution in [2.45, 2.75) is 126 Å². The summed E-state index contributed by atoms with van der Waals surface area (Å²) in [6.07, 6.45) is -10.5. The molecule has 0 radical (unpaired) electrons. The molecule has 1 rings (SSSR count). The maximum Gasteiger partial charge on any atom is 0.328 e. The molecule has 8 amide bonds. The Kier molecular flexibility index (Phi) is 23.3. The maximum absolute atomic E-state index is 13.8.